The lowest BCUT2D eigenvalue weighted by Crippen LogP contribution is -2.31. The van der Waals surface area contributed by atoms with E-state index in [2.05, 4.69) is 0 Å². The van der Waals surface area contributed by atoms with E-state index in [-0.39, 0.29) is 39.4 Å². The summed E-state index contributed by atoms with van der Waals surface area (Å²) in [5, 5.41) is 11.4. The van der Waals surface area contributed by atoms with Crippen LogP contribution in [-0.2, 0) is 14.3 Å². The number of ether oxygens (including phenoxy) is 1. The van der Waals surface area contributed by atoms with Gasteiger partial charge in [0.15, 0.2) is 0 Å². The van der Waals surface area contributed by atoms with Gasteiger partial charge in [0.2, 0.25) is 0 Å². The van der Waals surface area contributed by atoms with Crippen molar-refractivity contribution < 1.29 is 23.8 Å². The summed E-state index contributed by atoms with van der Waals surface area (Å²) in [6, 6.07) is 9.13. The Morgan fingerprint density at radius 3 is 2.52 bits per heavy atom. The molecule has 1 amide bonds. The Balaban J connectivity index is 2.07. The van der Waals surface area contributed by atoms with Crippen LogP contribution in [0.5, 0.6) is 0 Å². The fourth-order valence-electron chi connectivity index (χ4n) is 3.48. The maximum atomic E-state index is 14.7. The molecule has 1 saturated heterocycles. The highest BCUT2D eigenvalue weighted by atomic mass is 35.5. The first-order chi connectivity index (χ1) is 14.7. The molecule has 1 aliphatic rings. The highest BCUT2D eigenvalue weighted by Crippen LogP contribution is 2.40. The summed E-state index contributed by atoms with van der Waals surface area (Å²) in [5.74, 6) is -2.72. The second-order valence-corrected chi connectivity index (χ2v) is 8.23. The third-order valence-corrected chi connectivity index (χ3v) is 5.67. The summed E-state index contributed by atoms with van der Waals surface area (Å²) in [7, 11) is 0. The molecule has 2 aromatic carbocycles. The average Bonchev–Trinajstić information content (AvgIpc) is 2.97. The van der Waals surface area contributed by atoms with Crippen LogP contribution in [0.3, 0.4) is 0 Å². The summed E-state index contributed by atoms with van der Waals surface area (Å²) in [6.07, 6.45) is 0.468. The van der Waals surface area contributed by atoms with Gasteiger partial charge >= 0.3 is 0 Å². The third kappa shape index (κ3) is 4.92. The van der Waals surface area contributed by atoms with Gasteiger partial charge in [0, 0.05) is 24.3 Å². The van der Waals surface area contributed by atoms with Crippen molar-refractivity contribution in [2.45, 2.75) is 32.4 Å². The van der Waals surface area contributed by atoms with E-state index in [1.165, 1.54) is 41.3 Å². The van der Waals surface area contributed by atoms with Crippen LogP contribution < -0.4 is 0 Å². The standard InChI is InChI=1S/C23H22Cl2FNO4/c1-13(2)31-11-5-10-27-20(15-6-3-4-7-18(15)26)19(22(29)23(27)30)21(28)14-8-9-16(24)17(25)12-14/h3-4,6-9,12-13,20,28H,5,10-11H2,1-2H3/b21-19+. The Kier molecular flexibility index (Phi) is 7.36. The number of ketones is 1. The molecule has 2 aromatic rings. The number of halogens is 3. The second-order valence-electron chi connectivity index (χ2n) is 7.42. The number of aliphatic hydroxyl groups excluding tert-OH is 1. The highest BCUT2D eigenvalue weighted by Gasteiger charge is 2.46. The van der Waals surface area contributed by atoms with E-state index < -0.39 is 29.3 Å². The summed E-state index contributed by atoms with van der Waals surface area (Å²) in [6.45, 7) is 4.32. The number of Topliss-reactive ketones (excluding diaryl/α,β-unsaturated/α-hetero) is 1. The molecule has 1 atom stereocenters. The second kappa shape index (κ2) is 9.81. The Bertz CT molecular complexity index is 1040. The van der Waals surface area contributed by atoms with Crippen molar-refractivity contribution in [1.29, 1.82) is 0 Å². The maximum Gasteiger partial charge on any atom is 0.295 e. The molecule has 5 nitrogen and oxygen atoms in total. The molecular weight excluding hydrogens is 444 g/mol. The van der Waals surface area contributed by atoms with Crippen molar-refractivity contribution in [3.8, 4) is 0 Å². The normalized spacial score (nSPS) is 18.3. The number of carbonyl (C=O) groups excluding carboxylic acids is 2. The van der Waals surface area contributed by atoms with E-state index >= 15 is 0 Å². The summed E-state index contributed by atoms with van der Waals surface area (Å²) < 4.78 is 20.2. The van der Waals surface area contributed by atoms with E-state index in [9.17, 15) is 19.1 Å². The predicted octanol–water partition coefficient (Wildman–Crippen LogP) is 5.37. The zero-order valence-corrected chi connectivity index (χ0v) is 18.6. The smallest absolute Gasteiger partial charge is 0.295 e. The molecule has 0 spiro atoms. The maximum absolute atomic E-state index is 14.7. The molecule has 1 unspecified atom stereocenters. The van der Waals surface area contributed by atoms with Crippen LogP contribution in [0.4, 0.5) is 4.39 Å². The number of benzene rings is 2. The molecule has 164 valence electrons. The molecule has 1 fully saturated rings. The van der Waals surface area contributed by atoms with Gasteiger partial charge in [-0.05, 0) is 44.5 Å². The van der Waals surface area contributed by atoms with E-state index in [0.29, 0.717) is 13.0 Å². The quantitative estimate of drug-likeness (QED) is 0.258. The summed E-state index contributed by atoms with van der Waals surface area (Å²) in [4.78, 5) is 27.0. The first kappa shape index (κ1) is 23.3. The average molecular weight is 466 g/mol. The monoisotopic (exact) mass is 465 g/mol. The molecule has 1 heterocycles. The number of aliphatic hydroxyl groups is 1. The fourth-order valence-corrected chi connectivity index (χ4v) is 3.78. The predicted molar refractivity (Wildman–Crippen MR) is 118 cm³/mol. The molecule has 31 heavy (non-hydrogen) atoms. The Hall–Kier alpha value is -2.41. The zero-order chi connectivity index (χ0) is 22.7. The molecule has 3 rings (SSSR count). The van der Waals surface area contributed by atoms with E-state index in [1.807, 2.05) is 13.8 Å². The van der Waals surface area contributed by atoms with Crippen molar-refractivity contribution in [2.24, 2.45) is 0 Å². The van der Waals surface area contributed by atoms with Crippen LogP contribution in [0.15, 0.2) is 48.0 Å². The van der Waals surface area contributed by atoms with Crippen LogP contribution in [0.1, 0.15) is 37.4 Å². The van der Waals surface area contributed by atoms with Gasteiger partial charge < -0.3 is 14.7 Å². The van der Waals surface area contributed by atoms with Gasteiger partial charge in [-0.25, -0.2) is 4.39 Å². The van der Waals surface area contributed by atoms with E-state index in [1.54, 1.807) is 6.07 Å². The number of nitrogens with zero attached hydrogens (tertiary/aromatic N) is 1. The number of likely N-dealkylation sites (tertiary alicyclic amines) is 1. The van der Waals surface area contributed by atoms with Crippen LogP contribution in [-0.4, -0.2) is 41.0 Å². The number of carbonyl (C=O) groups is 2. The van der Waals surface area contributed by atoms with Crippen molar-refractivity contribution in [3.05, 3.63) is 75.0 Å². The molecule has 0 bridgehead atoms. The van der Waals surface area contributed by atoms with Gasteiger partial charge in [-0.2, -0.15) is 0 Å². The molecule has 1 N–H and O–H groups in total. The van der Waals surface area contributed by atoms with Gasteiger partial charge in [0.25, 0.3) is 11.7 Å². The Morgan fingerprint density at radius 2 is 1.87 bits per heavy atom. The van der Waals surface area contributed by atoms with Crippen LogP contribution >= 0.6 is 23.2 Å². The summed E-state index contributed by atoms with van der Waals surface area (Å²) >= 11 is 12.0. The van der Waals surface area contributed by atoms with Crippen molar-refractivity contribution in [2.75, 3.05) is 13.2 Å². The van der Waals surface area contributed by atoms with Gasteiger partial charge in [0.1, 0.15) is 11.6 Å². The fraction of sp³-hybridized carbons (Fsp3) is 0.304. The van der Waals surface area contributed by atoms with Gasteiger partial charge in [0.05, 0.1) is 27.8 Å². The van der Waals surface area contributed by atoms with Gasteiger partial charge in [-0.15, -0.1) is 0 Å². The molecule has 8 heteroatoms. The molecule has 0 aromatic heterocycles. The molecule has 0 saturated carbocycles. The molecular formula is C23H22Cl2FNO4. The number of amides is 1. The van der Waals surface area contributed by atoms with Crippen molar-refractivity contribution >= 4 is 40.7 Å². The van der Waals surface area contributed by atoms with Crippen LogP contribution in [0.2, 0.25) is 10.0 Å². The lowest BCUT2D eigenvalue weighted by Gasteiger charge is -2.25. The Morgan fingerprint density at radius 1 is 1.16 bits per heavy atom. The van der Waals surface area contributed by atoms with Crippen LogP contribution in [0.25, 0.3) is 5.76 Å². The van der Waals surface area contributed by atoms with Crippen molar-refractivity contribution in [1.82, 2.24) is 4.90 Å². The van der Waals surface area contributed by atoms with Crippen LogP contribution in [0, 0.1) is 5.82 Å². The molecule has 0 radical (unpaired) electrons. The lowest BCUT2D eigenvalue weighted by atomic mass is 9.95. The number of hydrogen-bond donors (Lipinski definition) is 1. The largest absolute Gasteiger partial charge is 0.507 e. The number of hydrogen-bond acceptors (Lipinski definition) is 4. The molecule has 0 aliphatic carbocycles. The Labute approximate surface area is 190 Å². The topological polar surface area (TPSA) is 66.8 Å². The van der Waals surface area contributed by atoms with Gasteiger partial charge in [-0.1, -0.05) is 41.4 Å². The third-order valence-electron chi connectivity index (χ3n) is 4.93. The van der Waals surface area contributed by atoms with E-state index in [4.69, 9.17) is 27.9 Å². The number of rotatable bonds is 7. The minimum atomic E-state index is -1.07. The minimum absolute atomic E-state index is 0.0208. The van der Waals surface area contributed by atoms with Gasteiger partial charge in [-0.3, -0.25) is 9.59 Å². The first-order valence-corrected chi connectivity index (χ1v) is 10.6. The first-order valence-electron chi connectivity index (χ1n) is 9.82. The SMILES string of the molecule is CC(C)OCCCN1C(=O)C(=O)/C(=C(/O)c2ccc(Cl)c(Cl)c2)C1c1ccccc1F. The van der Waals surface area contributed by atoms with E-state index in [0.717, 1.165) is 0 Å². The molecule has 1 aliphatic heterocycles. The lowest BCUT2D eigenvalue weighted by molar-refractivity contribution is -0.140. The zero-order valence-electron chi connectivity index (χ0n) is 17.1. The highest BCUT2D eigenvalue weighted by molar-refractivity contribution is 6.46. The summed E-state index contributed by atoms with van der Waals surface area (Å²) in [5.41, 5.74) is 0.128. The van der Waals surface area contributed by atoms with Crippen molar-refractivity contribution in [3.63, 3.8) is 0 Å². The minimum Gasteiger partial charge on any atom is -0.507 e.